The molecule has 4 nitrogen and oxygen atoms in total. The second-order valence-corrected chi connectivity index (χ2v) is 5.50. The number of hydrogen-bond acceptors (Lipinski definition) is 4. The molecule has 0 saturated heterocycles. The van der Waals surface area contributed by atoms with Crippen molar-refractivity contribution >= 4 is 0 Å². The van der Waals surface area contributed by atoms with Crippen molar-refractivity contribution in [3.8, 4) is 29.5 Å². The number of terminal acetylenes is 1. The highest BCUT2D eigenvalue weighted by atomic mass is 16.5. The summed E-state index contributed by atoms with van der Waals surface area (Å²) in [5.41, 5.74) is 3.38. The van der Waals surface area contributed by atoms with Crippen LogP contribution in [0.5, 0.6) is 6.01 Å². The van der Waals surface area contributed by atoms with Crippen molar-refractivity contribution < 1.29 is 9.84 Å². The van der Waals surface area contributed by atoms with Gasteiger partial charge in [0.25, 0.3) is 0 Å². The van der Waals surface area contributed by atoms with Gasteiger partial charge < -0.3 is 9.84 Å². The molecule has 112 valence electrons. The maximum absolute atomic E-state index is 9.36. The van der Waals surface area contributed by atoms with E-state index in [0.717, 1.165) is 25.7 Å². The van der Waals surface area contributed by atoms with Gasteiger partial charge in [0, 0.05) is 6.20 Å². The summed E-state index contributed by atoms with van der Waals surface area (Å²) in [4.78, 5) is 8.08. The standard InChI is InChI=1S/C12H14N2O2.C6H4/c1-2-9-7-8-13-12(14-9)16-11-5-3-10(15)4-6-11;1-2-5-4-6(5)3-1/h1,7-8,10-11,15H,3-6H2;1-4H. The van der Waals surface area contributed by atoms with Crippen LogP contribution in [0.4, 0.5) is 0 Å². The lowest BCUT2D eigenvalue weighted by atomic mass is 9.95. The zero-order chi connectivity index (χ0) is 15.4. The summed E-state index contributed by atoms with van der Waals surface area (Å²) in [5, 5.41) is 9.36. The fourth-order valence-corrected chi connectivity index (χ4v) is 2.47. The van der Waals surface area contributed by atoms with E-state index in [1.165, 1.54) is 11.1 Å². The molecule has 0 bridgehead atoms. The van der Waals surface area contributed by atoms with Gasteiger partial charge in [0.15, 0.2) is 0 Å². The maximum Gasteiger partial charge on any atom is 0.317 e. The second-order valence-electron chi connectivity index (χ2n) is 5.50. The van der Waals surface area contributed by atoms with Crippen molar-refractivity contribution in [2.75, 3.05) is 0 Å². The predicted octanol–water partition coefficient (Wildman–Crippen LogP) is 2.81. The van der Waals surface area contributed by atoms with Gasteiger partial charge in [-0.15, -0.1) is 6.42 Å². The molecule has 0 spiro atoms. The van der Waals surface area contributed by atoms with Gasteiger partial charge in [-0.2, -0.15) is 4.98 Å². The number of aromatic nitrogens is 2. The summed E-state index contributed by atoms with van der Waals surface area (Å²) in [6, 6.07) is 10.5. The average molecular weight is 294 g/mol. The van der Waals surface area contributed by atoms with Crippen LogP contribution in [-0.4, -0.2) is 27.3 Å². The Labute approximate surface area is 130 Å². The molecule has 3 aliphatic carbocycles. The minimum absolute atomic E-state index is 0.0939. The third-order valence-electron chi connectivity index (χ3n) is 3.81. The van der Waals surface area contributed by atoms with E-state index in [1.54, 1.807) is 12.3 Å². The highest BCUT2D eigenvalue weighted by molar-refractivity contribution is 5.80. The molecule has 4 rings (SSSR count). The van der Waals surface area contributed by atoms with E-state index in [-0.39, 0.29) is 12.2 Å². The molecule has 22 heavy (non-hydrogen) atoms. The molecule has 1 aromatic rings. The Bertz CT molecular complexity index is 668. The topological polar surface area (TPSA) is 55.2 Å². The van der Waals surface area contributed by atoms with Crippen LogP contribution in [0, 0.1) is 12.3 Å². The molecular formula is C18H18N2O2. The third kappa shape index (κ3) is 3.84. The Morgan fingerprint density at radius 1 is 1.14 bits per heavy atom. The van der Waals surface area contributed by atoms with Gasteiger partial charge in [0.1, 0.15) is 11.8 Å². The van der Waals surface area contributed by atoms with E-state index in [2.05, 4.69) is 40.2 Å². The Hall–Kier alpha value is -2.38. The highest BCUT2D eigenvalue weighted by Crippen LogP contribution is 2.32. The Morgan fingerprint density at radius 3 is 2.41 bits per heavy atom. The molecule has 4 heteroatoms. The highest BCUT2D eigenvalue weighted by Gasteiger charge is 2.21. The Morgan fingerprint density at radius 2 is 1.86 bits per heavy atom. The van der Waals surface area contributed by atoms with Gasteiger partial charge in [-0.3, -0.25) is 0 Å². The quantitative estimate of drug-likeness (QED) is 0.738. The lowest BCUT2D eigenvalue weighted by Gasteiger charge is -2.25. The van der Waals surface area contributed by atoms with Crippen molar-refractivity contribution in [2.24, 2.45) is 0 Å². The molecule has 1 heterocycles. The number of nitrogens with zero attached hydrogens (tertiary/aromatic N) is 2. The van der Waals surface area contributed by atoms with E-state index in [1.807, 2.05) is 0 Å². The van der Waals surface area contributed by atoms with Crippen LogP contribution < -0.4 is 4.74 Å². The first kappa shape index (κ1) is 14.6. The van der Waals surface area contributed by atoms with Crippen LogP contribution in [0.3, 0.4) is 0 Å². The first-order valence-corrected chi connectivity index (χ1v) is 7.49. The van der Waals surface area contributed by atoms with Gasteiger partial charge in [-0.25, -0.2) is 4.98 Å². The number of ether oxygens (including phenoxy) is 1. The van der Waals surface area contributed by atoms with Crippen LogP contribution in [0.25, 0.3) is 11.1 Å². The number of fused-ring (bicyclic) bond motifs is 1. The van der Waals surface area contributed by atoms with Crippen molar-refractivity contribution in [2.45, 2.75) is 37.9 Å². The Balaban J connectivity index is 0.000000196. The van der Waals surface area contributed by atoms with Crippen LogP contribution >= 0.6 is 0 Å². The minimum atomic E-state index is -0.183. The molecule has 0 atom stereocenters. The maximum atomic E-state index is 9.36. The summed E-state index contributed by atoms with van der Waals surface area (Å²) in [5.74, 6) is 2.44. The van der Waals surface area contributed by atoms with Gasteiger partial charge in [0.2, 0.25) is 0 Å². The van der Waals surface area contributed by atoms with Crippen LogP contribution in [-0.2, 0) is 0 Å². The van der Waals surface area contributed by atoms with Crippen molar-refractivity contribution in [3.05, 3.63) is 42.2 Å². The number of hydrogen-bond donors (Lipinski definition) is 1. The van der Waals surface area contributed by atoms with Gasteiger partial charge >= 0.3 is 6.01 Å². The van der Waals surface area contributed by atoms with Gasteiger partial charge in [-0.05, 0) is 54.9 Å². The van der Waals surface area contributed by atoms with E-state index in [0.29, 0.717) is 11.7 Å². The molecule has 3 aliphatic rings. The zero-order valence-electron chi connectivity index (χ0n) is 12.3. The summed E-state index contributed by atoms with van der Waals surface area (Å²) >= 11 is 0. The molecule has 0 unspecified atom stereocenters. The predicted molar refractivity (Wildman–Crippen MR) is 84.3 cm³/mol. The molecule has 1 saturated carbocycles. The van der Waals surface area contributed by atoms with Crippen LogP contribution in [0.2, 0.25) is 0 Å². The molecular weight excluding hydrogens is 276 g/mol. The third-order valence-corrected chi connectivity index (χ3v) is 3.81. The summed E-state index contributed by atoms with van der Waals surface area (Å²) in [6.07, 6.45) is 9.98. The smallest absolute Gasteiger partial charge is 0.317 e. The molecule has 1 fully saturated rings. The average Bonchev–Trinajstić information content (AvgIpc) is 3.16. The van der Waals surface area contributed by atoms with Crippen LogP contribution in [0.15, 0.2) is 36.5 Å². The zero-order valence-corrected chi connectivity index (χ0v) is 12.3. The molecule has 0 radical (unpaired) electrons. The largest absolute Gasteiger partial charge is 0.460 e. The van der Waals surface area contributed by atoms with Gasteiger partial charge in [0.05, 0.1) is 6.10 Å². The number of benzene rings is 1. The number of rotatable bonds is 2. The van der Waals surface area contributed by atoms with E-state index < -0.39 is 0 Å². The van der Waals surface area contributed by atoms with E-state index in [4.69, 9.17) is 11.2 Å². The number of aliphatic hydroxyl groups is 1. The van der Waals surface area contributed by atoms with Gasteiger partial charge in [-0.1, -0.05) is 18.2 Å². The lowest BCUT2D eigenvalue weighted by molar-refractivity contribution is 0.0618. The number of aliphatic hydroxyl groups excluding tert-OH is 1. The van der Waals surface area contributed by atoms with Crippen molar-refractivity contribution in [3.63, 3.8) is 0 Å². The fourth-order valence-electron chi connectivity index (χ4n) is 2.47. The summed E-state index contributed by atoms with van der Waals surface area (Å²) in [7, 11) is 0. The van der Waals surface area contributed by atoms with E-state index >= 15 is 0 Å². The van der Waals surface area contributed by atoms with Crippen molar-refractivity contribution in [1.29, 1.82) is 0 Å². The Kier molecular flexibility index (Phi) is 4.36. The lowest BCUT2D eigenvalue weighted by Crippen LogP contribution is -2.27. The van der Waals surface area contributed by atoms with Crippen LogP contribution in [0.1, 0.15) is 31.4 Å². The molecule has 1 N–H and O–H groups in total. The van der Waals surface area contributed by atoms with Crippen molar-refractivity contribution in [1.82, 2.24) is 9.97 Å². The first-order valence-electron chi connectivity index (χ1n) is 7.49. The first-order chi connectivity index (χ1) is 10.7. The summed E-state index contributed by atoms with van der Waals surface area (Å²) in [6.45, 7) is 0. The SMILES string of the molecule is C#Cc1ccnc(OC2CCC(O)CC2)n1.c1cc2cc-2c1. The molecule has 1 aromatic heterocycles. The molecule has 0 aromatic carbocycles. The molecule has 0 aliphatic heterocycles. The van der Waals surface area contributed by atoms with E-state index in [9.17, 15) is 5.11 Å². The normalized spacial score (nSPS) is 21.1. The molecule has 0 amide bonds. The monoisotopic (exact) mass is 294 g/mol. The fraction of sp³-hybridized carbons (Fsp3) is 0.333. The minimum Gasteiger partial charge on any atom is -0.460 e. The second kappa shape index (κ2) is 6.59. The summed E-state index contributed by atoms with van der Waals surface area (Å²) < 4.78 is 5.62.